The Kier molecular flexibility index (Phi) is 18.2. The van der Waals surface area contributed by atoms with Gasteiger partial charge >= 0.3 is 5.97 Å². The zero-order valence-electron chi connectivity index (χ0n) is 40.9. The largest absolute Gasteiger partial charge is 0.492 e. The summed E-state index contributed by atoms with van der Waals surface area (Å²) in [6.45, 7) is 6.96. The van der Waals surface area contributed by atoms with E-state index in [1.165, 1.54) is 45.2 Å². The van der Waals surface area contributed by atoms with Gasteiger partial charge in [0.05, 0.1) is 12.8 Å². The zero-order valence-corrected chi connectivity index (χ0v) is 41.7. The molecule has 0 saturated heterocycles. The molecule has 4 bridgehead atoms. The molecular formula is C47H63N11O13S. The number of rotatable bonds is 18. The molecule has 0 saturated carbocycles. The molecule has 390 valence electrons. The third-order valence-electron chi connectivity index (χ3n) is 11.6. The van der Waals surface area contributed by atoms with E-state index in [9.17, 15) is 47.7 Å². The van der Waals surface area contributed by atoms with Crippen LogP contribution in [0.15, 0.2) is 54.6 Å². The van der Waals surface area contributed by atoms with Gasteiger partial charge in [-0.3, -0.25) is 19.2 Å². The molecule has 3 aromatic carbocycles. The molecule has 24 nitrogen and oxygen atoms in total. The molecule has 0 spiro atoms. The number of aliphatic hydroxyl groups excluding tert-OH is 2. The number of ether oxygens (including phenoxy) is 3. The van der Waals surface area contributed by atoms with Crippen LogP contribution in [0.4, 0.5) is 5.82 Å². The van der Waals surface area contributed by atoms with E-state index >= 15 is 0 Å². The van der Waals surface area contributed by atoms with Crippen molar-refractivity contribution in [2.24, 2.45) is 16.6 Å². The lowest BCUT2D eigenvalue weighted by atomic mass is 9.86. The molecular weight excluding hydrogens is 959 g/mol. The van der Waals surface area contributed by atoms with Crippen LogP contribution in [0.3, 0.4) is 0 Å². The summed E-state index contributed by atoms with van der Waals surface area (Å²) < 4.78 is 44.6. The quantitative estimate of drug-likeness (QED) is 0.0577. The molecule has 72 heavy (non-hydrogen) atoms. The highest BCUT2D eigenvalue weighted by molar-refractivity contribution is 7.87. The Morgan fingerprint density at radius 2 is 1.54 bits per heavy atom. The molecule has 2 heterocycles. The number of benzene rings is 3. The van der Waals surface area contributed by atoms with E-state index in [0.29, 0.717) is 11.1 Å². The molecule has 1 aliphatic heterocycles. The maximum Gasteiger partial charge on any atom is 0.326 e. The van der Waals surface area contributed by atoms with Gasteiger partial charge in [-0.15, -0.1) is 0 Å². The predicted octanol–water partition coefficient (Wildman–Crippen LogP) is -0.874. The van der Waals surface area contributed by atoms with Crippen molar-refractivity contribution in [2.75, 3.05) is 52.7 Å². The number of aryl methyl sites for hydroxylation is 1. The topological polar surface area (TPSA) is 389 Å². The molecule has 0 radical (unpaired) electrons. The Hall–Kier alpha value is -7.00. The number of nitrogens with two attached hydrogens (primary N) is 4. The van der Waals surface area contributed by atoms with Crippen molar-refractivity contribution in [2.45, 2.75) is 82.8 Å². The molecule has 4 amide bonds. The zero-order chi connectivity index (χ0) is 53.4. The van der Waals surface area contributed by atoms with E-state index in [1.807, 2.05) is 29.0 Å². The summed E-state index contributed by atoms with van der Waals surface area (Å²) in [5, 5.41) is 43.8. The fourth-order valence-corrected chi connectivity index (χ4v) is 8.02. The van der Waals surface area contributed by atoms with E-state index in [1.54, 1.807) is 6.07 Å². The fraction of sp³-hybridized carbons (Fsp3) is 0.426. The summed E-state index contributed by atoms with van der Waals surface area (Å²) >= 11 is 0. The number of hydrogen-bond acceptors (Lipinski definition) is 17. The van der Waals surface area contributed by atoms with Gasteiger partial charge < -0.3 is 67.6 Å². The number of aromatic nitrogens is 2. The van der Waals surface area contributed by atoms with Gasteiger partial charge in [0.2, 0.25) is 17.7 Å². The first-order chi connectivity index (χ1) is 33.8. The van der Waals surface area contributed by atoms with Crippen LogP contribution in [0, 0.1) is 6.92 Å². The number of nitrogens with zero attached hydrogens (tertiary/aromatic N) is 3. The van der Waals surface area contributed by atoms with E-state index < -0.39 is 89.3 Å². The standard InChI is InChI=1S/C47H63N11O13S/c1-23-37(40(50)57-41(53-23)26-9-11-28(12-10-26)47(3,4)5)43(62)56-34(20-52-72(51,67)68)45(64)58(6)38-27-16-32(39(69-7)36(17-27)71-22-30(60)19-49)31-14-25(8-13-35(31)70-21-29(59)18-48)15-33(46(65)66)55-42(61)24(2)54-44(38)63/h8-14,16-17,24,29-30,33-34,38,52,59-60H,15,18-22,48-49H2,1-7H3,(H,54,63)(H,55,61)(H,56,62)(H,65,66)(H2,50,53,57)(H2,51,67,68)/t24-,29?,30?,33-,34?,38-/m0/s1. The monoisotopic (exact) mass is 1020 g/mol. The van der Waals surface area contributed by atoms with Crippen LogP contribution in [-0.2, 0) is 41.2 Å². The second-order valence-electron chi connectivity index (χ2n) is 18.2. The lowest BCUT2D eigenvalue weighted by Crippen LogP contribution is -2.57. The number of carbonyl (C=O) groups excluding carboxylic acids is 4. The molecule has 0 aliphatic carbocycles. The number of carboxylic acid groups (broad SMARTS) is 1. The number of nitrogen functional groups attached to an aromatic ring is 1. The van der Waals surface area contributed by atoms with Crippen LogP contribution < -0.4 is 57.2 Å². The van der Waals surface area contributed by atoms with E-state index in [2.05, 4.69) is 46.7 Å². The number of aliphatic hydroxyl groups is 2. The summed E-state index contributed by atoms with van der Waals surface area (Å²) in [5.41, 5.74) is 19.7. The van der Waals surface area contributed by atoms with Crippen molar-refractivity contribution in [3.05, 3.63) is 82.5 Å². The maximum absolute atomic E-state index is 14.9. The summed E-state index contributed by atoms with van der Waals surface area (Å²) in [4.78, 5) is 79.8. The Morgan fingerprint density at radius 1 is 0.917 bits per heavy atom. The molecule has 25 heteroatoms. The Balaban J connectivity index is 1.69. The number of carbonyl (C=O) groups is 5. The van der Waals surface area contributed by atoms with Crippen molar-refractivity contribution < 1.29 is 61.9 Å². The highest BCUT2D eigenvalue weighted by Gasteiger charge is 2.38. The van der Waals surface area contributed by atoms with Crippen molar-refractivity contribution in [3.8, 4) is 39.8 Å². The molecule has 3 unspecified atom stereocenters. The third-order valence-corrected chi connectivity index (χ3v) is 12.1. The fourth-order valence-electron chi connectivity index (χ4n) is 7.62. The van der Waals surface area contributed by atoms with Gasteiger partial charge in [0.15, 0.2) is 17.3 Å². The highest BCUT2D eigenvalue weighted by atomic mass is 32.2. The van der Waals surface area contributed by atoms with Crippen molar-refractivity contribution >= 4 is 45.6 Å². The predicted molar refractivity (Wildman–Crippen MR) is 264 cm³/mol. The number of carboxylic acids is 1. The van der Waals surface area contributed by atoms with Crippen LogP contribution in [0.25, 0.3) is 22.5 Å². The normalized spacial score (nSPS) is 17.5. The van der Waals surface area contributed by atoms with Crippen LogP contribution in [-0.4, -0.2) is 146 Å². The molecule has 6 atom stereocenters. The first kappa shape index (κ1) is 55.9. The summed E-state index contributed by atoms with van der Waals surface area (Å²) in [5.74, 6) is -5.59. The molecule has 4 aromatic rings. The second kappa shape index (κ2) is 23.5. The lowest BCUT2D eigenvalue weighted by molar-refractivity contribution is -0.143. The smallest absolute Gasteiger partial charge is 0.326 e. The first-order valence-electron chi connectivity index (χ1n) is 22.6. The second-order valence-corrected chi connectivity index (χ2v) is 19.5. The Morgan fingerprint density at radius 3 is 2.10 bits per heavy atom. The van der Waals surface area contributed by atoms with Crippen molar-refractivity contribution in [1.29, 1.82) is 0 Å². The summed E-state index contributed by atoms with van der Waals surface area (Å²) in [7, 11) is -2.08. The van der Waals surface area contributed by atoms with Gasteiger partial charge in [0.25, 0.3) is 16.1 Å². The summed E-state index contributed by atoms with van der Waals surface area (Å²) in [6, 6.07) is 8.11. The van der Waals surface area contributed by atoms with Crippen LogP contribution in [0.5, 0.6) is 17.2 Å². The minimum absolute atomic E-state index is 0.00774. The van der Waals surface area contributed by atoms with Crippen molar-refractivity contribution in [3.63, 3.8) is 0 Å². The van der Waals surface area contributed by atoms with Gasteiger partial charge in [-0.2, -0.15) is 13.1 Å². The number of nitrogens with one attached hydrogen (secondary N) is 4. The van der Waals surface area contributed by atoms with Gasteiger partial charge in [-0.1, -0.05) is 51.1 Å². The Bertz CT molecular complexity index is 2750. The Labute approximate surface area is 416 Å². The molecule has 1 aromatic heterocycles. The minimum atomic E-state index is -4.53. The van der Waals surface area contributed by atoms with Gasteiger partial charge in [-0.05, 0) is 60.2 Å². The van der Waals surface area contributed by atoms with E-state index in [-0.39, 0.29) is 88.4 Å². The average Bonchev–Trinajstić information content (AvgIpc) is 3.32. The van der Waals surface area contributed by atoms with E-state index in [0.717, 1.165) is 17.5 Å². The highest BCUT2D eigenvalue weighted by Crippen LogP contribution is 2.45. The lowest BCUT2D eigenvalue weighted by Gasteiger charge is -2.33. The minimum Gasteiger partial charge on any atom is -0.492 e. The third kappa shape index (κ3) is 13.9. The van der Waals surface area contributed by atoms with Gasteiger partial charge in [0, 0.05) is 49.8 Å². The summed E-state index contributed by atoms with van der Waals surface area (Å²) in [6.07, 6.45) is -2.59. The maximum atomic E-state index is 14.9. The molecule has 15 N–H and O–H groups in total. The van der Waals surface area contributed by atoms with Crippen molar-refractivity contribution in [1.82, 2.24) is 35.5 Å². The number of amides is 4. The van der Waals surface area contributed by atoms with Crippen LogP contribution >= 0.6 is 0 Å². The number of hydrogen-bond donors (Lipinski definition) is 11. The van der Waals surface area contributed by atoms with Crippen LogP contribution in [0.2, 0.25) is 0 Å². The van der Waals surface area contributed by atoms with E-state index in [4.69, 9.17) is 36.6 Å². The number of anilines is 1. The number of likely N-dealkylation sites (N-methyl/N-ethyl adjacent to an activating group) is 1. The first-order valence-corrected chi connectivity index (χ1v) is 24.1. The molecule has 5 rings (SSSR count). The number of methoxy groups -OCH3 is 1. The van der Waals surface area contributed by atoms with Gasteiger partial charge in [0.1, 0.15) is 66.7 Å². The number of fused-ring (bicyclic) bond motifs is 5. The van der Waals surface area contributed by atoms with Crippen LogP contribution in [0.1, 0.15) is 66.5 Å². The average molecular weight is 1020 g/mol. The van der Waals surface area contributed by atoms with Gasteiger partial charge in [-0.25, -0.2) is 19.9 Å². The molecule has 1 aliphatic rings. The SMILES string of the molecule is COc1c(OCC(O)CN)cc2cc1-c1cc(ccc1OCC(O)CN)C[C@@H](C(=O)O)NC(=O)[C@H](C)NC(=O)[C@H]2N(C)C(=O)C(CNS(N)(=O)=O)NC(=O)c1c(C)nc(-c2ccc(C(C)(C)C)cc2)nc1N. The number of aliphatic carboxylic acids is 1. The molecule has 0 fully saturated rings.